The van der Waals surface area contributed by atoms with E-state index in [1.54, 1.807) is 7.11 Å². The lowest BCUT2D eigenvalue weighted by Crippen LogP contribution is -2.23. The van der Waals surface area contributed by atoms with E-state index in [4.69, 9.17) is 15.0 Å². The van der Waals surface area contributed by atoms with Crippen molar-refractivity contribution in [2.24, 2.45) is 10.7 Å². The van der Waals surface area contributed by atoms with E-state index >= 15 is 0 Å². The van der Waals surface area contributed by atoms with E-state index in [0.29, 0.717) is 24.8 Å². The number of ether oxygens (including phenoxy) is 1. The highest BCUT2D eigenvalue weighted by molar-refractivity contribution is 5.93. The van der Waals surface area contributed by atoms with Crippen molar-refractivity contribution in [3.63, 3.8) is 0 Å². The molecule has 0 amide bonds. The zero-order valence-corrected chi connectivity index (χ0v) is 13.7. The van der Waals surface area contributed by atoms with Crippen molar-refractivity contribution in [2.75, 3.05) is 19.0 Å². The topological polar surface area (TPSA) is 98.6 Å². The van der Waals surface area contributed by atoms with E-state index in [0.717, 1.165) is 23.7 Å². The summed E-state index contributed by atoms with van der Waals surface area (Å²) in [5.41, 5.74) is 6.67. The Labute approximate surface area is 135 Å². The first-order valence-electron chi connectivity index (χ1n) is 7.62. The fourth-order valence-electron chi connectivity index (χ4n) is 1.96. The Kier molecular flexibility index (Phi) is 5.96. The quantitative estimate of drug-likeness (QED) is 0.462. The molecule has 0 spiro atoms. The first kappa shape index (κ1) is 16.8. The van der Waals surface area contributed by atoms with Crippen molar-refractivity contribution >= 4 is 11.6 Å². The highest BCUT2D eigenvalue weighted by Crippen LogP contribution is 2.22. The lowest BCUT2D eigenvalue weighted by Gasteiger charge is -2.09. The molecule has 0 saturated carbocycles. The first-order valence-corrected chi connectivity index (χ1v) is 7.62. The number of rotatable bonds is 7. The summed E-state index contributed by atoms with van der Waals surface area (Å²) in [6, 6.07) is 7.54. The Balaban J connectivity index is 1.80. The Morgan fingerprint density at radius 3 is 2.87 bits per heavy atom. The molecular formula is C16H23N5O2. The molecule has 124 valence electrons. The molecule has 0 fully saturated rings. The number of hydrogen-bond donors (Lipinski definition) is 2. The fraction of sp³-hybridized carbons (Fsp3) is 0.438. The van der Waals surface area contributed by atoms with Gasteiger partial charge in [-0.25, -0.2) is 0 Å². The third kappa shape index (κ3) is 4.98. The standard InChI is InChI=1S/C16H23N5O2/c1-11(2)15-20-14(23-21-15)9-6-10-18-16(17)19-12-7-4-5-8-13(12)22-3/h4-5,7-8,11H,6,9-10H2,1-3H3,(H3,17,18,19). The van der Waals surface area contributed by atoms with Crippen molar-refractivity contribution in [3.05, 3.63) is 36.0 Å². The van der Waals surface area contributed by atoms with E-state index < -0.39 is 0 Å². The summed E-state index contributed by atoms with van der Waals surface area (Å²) in [6.07, 6.45) is 1.47. The van der Waals surface area contributed by atoms with Gasteiger partial charge in [-0.15, -0.1) is 0 Å². The van der Waals surface area contributed by atoms with Gasteiger partial charge in [-0.1, -0.05) is 31.1 Å². The number of aliphatic imine (C=N–C) groups is 1. The van der Waals surface area contributed by atoms with Gasteiger partial charge < -0.3 is 20.3 Å². The molecule has 0 atom stereocenters. The van der Waals surface area contributed by atoms with E-state index in [1.165, 1.54) is 0 Å². The smallest absolute Gasteiger partial charge is 0.226 e. The summed E-state index contributed by atoms with van der Waals surface area (Å²) < 4.78 is 10.4. The van der Waals surface area contributed by atoms with Crippen LogP contribution in [0.2, 0.25) is 0 Å². The number of guanidine groups is 1. The largest absolute Gasteiger partial charge is 0.495 e. The molecule has 0 aliphatic carbocycles. The molecule has 3 N–H and O–H groups in total. The average molecular weight is 317 g/mol. The minimum atomic E-state index is 0.270. The van der Waals surface area contributed by atoms with Crippen LogP contribution in [0.4, 0.5) is 5.69 Å². The molecule has 0 aliphatic rings. The second kappa shape index (κ2) is 8.17. The van der Waals surface area contributed by atoms with Crippen LogP contribution in [0, 0.1) is 0 Å². The van der Waals surface area contributed by atoms with E-state index in [1.807, 2.05) is 38.1 Å². The number of nitrogens with two attached hydrogens (primary N) is 1. The van der Waals surface area contributed by atoms with Crippen molar-refractivity contribution in [1.82, 2.24) is 10.1 Å². The minimum absolute atomic E-state index is 0.270. The number of nitrogens with one attached hydrogen (secondary N) is 1. The molecule has 2 aromatic rings. The monoisotopic (exact) mass is 317 g/mol. The van der Waals surface area contributed by atoms with Gasteiger partial charge in [0.15, 0.2) is 11.8 Å². The van der Waals surface area contributed by atoms with Crippen molar-refractivity contribution in [2.45, 2.75) is 32.6 Å². The fourth-order valence-corrected chi connectivity index (χ4v) is 1.96. The molecular weight excluding hydrogens is 294 g/mol. The SMILES string of the molecule is COc1ccccc1NC(N)=NCCCc1nc(C(C)C)no1. The zero-order valence-electron chi connectivity index (χ0n) is 13.7. The third-order valence-electron chi connectivity index (χ3n) is 3.20. The highest BCUT2D eigenvalue weighted by Gasteiger charge is 2.09. The average Bonchev–Trinajstić information content (AvgIpc) is 3.01. The third-order valence-corrected chi connectivity index (χ3v) is 3.20. The van der Waals surface area contributed by atoms with Crippen molar-refractivity contribution in [3.8, 4) is 5.75 Å². The van der Waals surface area contributed by atoms with Crippen LogP contribution in [-0.2, 0) is 6.42 Å². The molecule has 1 aromatic heterocycles. The summed E-state index contributed by atoms with van der Waals surface area (Å²) >= 11 is 0. The number of aromatic nitrogens is 2. The van der Waals surface area contributed by atoms with Gasteiger partial charge in [0.2, 0.25) is 5.89 Å². The number of hydrogen-bond acceptors (Lipinski definition) is 5. The molecule has 0 radical (unpaired) electrons. The second-order valence-electron chi connectivity index (χ2n) is 5.40. The molecule has 7 nitrogen and oxygen atoms in total. The first-order chi connectivity index (χ1) is 11.1. The van der Waals surface area contributed by atoms with E-state index in [2.05, 4.69) is 20.4 Å². The van der Waals surface area contributed by atoms with Crippen LogP contribution in [0.15, 0.2) is 33.8 Å². The van der Waals surface area contributed by atoms with Gasteiger partial charge in [-0.05, 0) is 18.6 Å². The number of benzene rings is 1. The van der Waals surface area contributed by atoms with Gasteiger partial charge >= 0.3 is 0 Å². The van der Waals surface area contributed by atoms with Gasteiger partial charge in [0, 0.05) is 18.9 Å². The number of methoxy groups -OCH3 is 1. The Morgan fingerprint density at radius 1 is 1.39 bits per heavy atom. The second-order valence-corrected chi connectivity index (χ2v) is 5.40. The molecule has 0 aliphatic heterocycles. The van der Waals surface area contributed by atoms with Gasteiger partial charge in [0.1, 0.15) is 5.75 Å². The molecule has 0 unspecified atom stereocenters. The maximum Gasteiger partial charge on any atom is 0.226 e. The molecule has 7 heteroatoms. The number of aryl methyl sites for hydroxylation is 1. The van der Waals surface area contributed by atoms with E-state index in [-0.39, 0.29) is 5.92 Å². The zero-order chi connectivity index (χ0) is 16.7. The van der Waals surface area contributed by atoms with Crippen LogP contribution < -0.4 is 15.8 Å². The predicted octanol–water partition coefficient (Wildman–Crippen LogP) is 2.56. The summed E-state index contributed by atoms with van der Waals surface area (Å²) in [6.45, 7) is 4.64. The van der Waals surface area contributed by atoms with Crippen LogP contribution in [0.1, 0.15) is 37.9 Å². The molecule has 23 heavy (non-hydrogen) atoms. The molecule has 0 saturated heterocycles. The Morgan fingerprint density at radius 2 is 2.17 bits per heavy atom. The Bertz CT molecular complexity index is 651. The molecule has 0 bridgehead atoms. The van der Waals surface area contributed by atoms with Crippen LogP contribution in [0.5, 0.6) is 5.75 Å². The Hall–Kier alpha value is -2.57. The normalized spacial score (nSPS) is 11.7. The maximum atomic E-state index is 5.88. The summed E-state index contributed by atoms with van der Waals surface area (Å²) in [5, 5.41) is 6.96. The van der Waals surface area contributed by atoms with Crippen LogP contribution in [0.3, 0.4) is 0 Å². The van der Waals surface area contributed by atoms with Crippen LogP contribution in [-0.4, -0.2) is 29.8 Å². The molecule has 2 rings (SSSR count). The van der Waals surface area contributed by atoms with Crippen molar-refractivity contribution < 1.29 is 9.26 Å². The van der Waals surface area contributed by atoms with Crippen LogP contribution in [0.25, 0.3) is 0 Å². The van der Waals surface area contributed by atoms with Gasteiger partial charge in [0.05, 0.1) is 12.8 Å². The number of para-hydroxylation sites is 2. The molecule has 1 aromatic carbocycles. The summed E-state index contributed by atoms with van der Waals surface area (Å²) in [7, 11) is 1.61. The molecule has 1 heterocycles. The van der Waals surface area contributed by atoms with Gasteiger partial charge in [0.25, 0.3) is 0 Å². The van der Waals surface area contributed by atoms with Crippen LogP contribution >= 0.6 is 0 Å². The van der Waals surface area contributed by atoms with E-state index in [9.17, 15) is 0 Å². The predicted molar refractivity (Wildman–Crippen MR) is 89.8 cm³/mol. The number of anilines is 1. The van der Waals surface area contributed by atoms with Gasteiger partial charge in [-0.2, -0.15) is 4.98 Å². The number of nitrogens with zero attached hydrogens (tertiary/aromatic N) is 3. The van der Waals surface area contributed by atoms with Crippen molar-refractivity contribution in [1.29, 1.82) is 0 Å². The lowest BCUT2D eigenvalue weighted by molar-refractivity contribution is 0.369. The maximum absolute atomic E-state index is 5.88. The van der Waals surface area contributed by atoms with Gasteiger partial charge in [-0.3, -0.25) is 4.99 Å². The lowest BCUT2D eigenvalue weighted by atomic mass is 10.2. The highest BCUT2D eigenvalue weighted by atomic mass is 16.5. The minimum Gasteiger partial charge on any atom is -0.495 e. The summed E-state index contributed by atoms with van der Waals surface area (Å²) in [4.78, 5) is 8.62. The summed E-state index contributed by atoms with van der Waals surface area (Å²) in [5.74, 6) is 2.72.